The summed E-state index contributed by atoms with van der Waals surface area (Å²) in [6.07, 6.45) is 3.17. The third-order valence-corrected chi connectivity index (χ3v) is 4.98. The van der Waals surface area contributed by atoms with E-state index in [1.54, 1.807) is 42.7 Å². The molecule has 0 aliphatic rings. The van der Waals surface area contributed by atoms with Crippen LogP contribution in [0, 0.1) is 5.82 Å². The first-order valence-corrected chi connectivity index (χ1v) is 9.85. The summed E-state index contributed by atoms with van der Waals surface area (Å²) >= 11 is 0. The van der Waals surface area contributed by atoms with Gasteiger partial charge in [0.1, 0.15) is 17.2 Å². The Morgan fingerprint density at radius 1 is 0.909 bits per heavy atom. The van der Waals surface area contributed by atoms with Gasteiger partial charge in [-0.25, -0.2) is 17.9 Å². The maximum atomic E-state index is 14.5. The molecule has 0 fully saturated rings. The highest BCUT2D eigenvalue weighted by molar-refractivity contribution is 5.76. The number of benzene rings is 2. The Kier molecular flexibility index (Phi) is 4.97. The predicted octanol–water partition coefficient (Wildman–Crippen LogP) is 5.30. The van der Waals surface area contributed by atoms with Gasteiger partial charge in [-0.3, -0.25) is 4.98 Å². The van der Waals surface area contributed by atoms with E-state index in [0.717, 1.165) is 6.92 Å². The number of halogens is 3. The average molecular weight is 448 g/mol. The molecule has 0 amide bonds. The maximum Gasteiger partial charge on any atom is 0.281 e. The molecule has 3 heterocycles. The molecule has 5 aromatic rings. The average Bonchev–Trinajstić information content (AvgIpc) is 3.47. The van der Waals surface area contributed by atoms with Crippen LogP contribution in [0.3, 0.4) is 0 Å². The molecule has 3 aromatic heterocycles. The molecule has 0 N–H and O–H groups in total. The van der Waals surface area contributed by atoms with Crippen molar-refractivity contribution < 1.29 is 17.7 Å². The maximum absolute atomic E-state index is 14.5. The fourth-order valence-corrected chi connectivity index (χ4v) is 3.34. The van der Waals surface area contributed by atoms with Gasteiger partial charge in [-0.05, 0) is 24.3 Å². The highest BCUT2D eigenvalue weighted by Gasteiger charge is 2.26. The Hall–Kier alpha value is -4.34. The van der Waals surface area contributed by atoms with E-state index in [1.165, 1.54) is 35.0 Å². The number of aromatic nitrogens is 6. The fourth-order valence-electron chi connectivity index (χ4n) is 3.34. The van der Waals surface area contributed by atoms with Gasteiger partial charge < -0.3 is 4.52 Å². The fraction of sp³-hybridized carbons (Fsp3) is 0.0870. The van der Waals surface area contributed by atoms with Crippen LogP contribution < -0.4 is 0 Å². The second kappa shape index (κ2) is 7.97. The van der Waals surface area contributed by atoms with E-state index in [2.05, 4.69) is 25.4 Å². The van der Waals surface area contributed by atoms with E-state index in [1.807, 2.05) is 0 Å². The van der Waals surface area contributed by atoms with Crippen LogP contribution in [0.15, 0.2) is 77.6 Å². The van der Waals surface area contributed by atoms with Crippen molar-refractivity contribution >= 4 is 0 Å². The predicted molar refractivity (Wildman–Crippen MR) is 113 cm³/mol. The van der Waals surface area contributed by atoms with Gasteiger partial charge in [0, 0.05) is 36.0 Å². The van der Waals surface area contributed by atoms with Gasteiger partial charge >= 0.3 is 0 Å². The van der Waals surface area contributed by atoms with E-state index >= 15 is 0 Å². The zero-order chi connectivity index (χ0) is 23.0. The molecule has 0 bridgehead atoms. The van der Waals surface area contributed by atoms with E-state index in [0.29, 0.717) is 16.8 Å². The Bertz CT molecular complexity index is 1410. The summed E-state index contributed by atoms with van der Waals surface area (Å²) in [6.45, 7) is 0.827. The second-order valence-corrected chi connectivity index (χ2v) is 7.27. The molecule has 164 valence electrons. The van der Waals surface area contributed by atoms with Crippen LogP contribution in [0.2, 0.25) is 0 Å². The number of hydrogen-bond donors (Lipinski definition) is 0. The molecule has 10 heteroatoms. The van der Waals surface area contributed by atoms with Crippen molar-refractivity contribution in [1.82, 2.24) is 30.1 Å². The van der Waals surface area contributed by atoms with Gasteiger partial charge in [-0.15, -0.1) is 5.10 Å². The van der Waals surface area contributed by atoms with Crippen LogP contribution in [0.4, 0.5) is 13.2 Å². The highest BCUT2D eigenvalue weighted by atomic mass is 19.3. The smallest absolute Gasteiger partial charge is 0.281 e. The SMILES string of the molecule is CC(F)(F)c1ccc(-c2noc(-c3nnn(-c4ccccc4F)c3-c3ccncc3)n2)cc1. The number of para-hydroxylation sites is 1. The Morgan fingerprint density at radius 3 is 2.33 bits per heavy atom. The Morgan fingerprint density at radius 2 is 1.64 bits per heavy atom. The number of hydrogen-bond acceptors (Lipinski definition) is 6. The topological polar surface area (TPSA) is 82.5 Å². The van der Waals surface area contributed by atoms with Crippen molar-refractivity contribution in [3.63, 3.8) is 0 Å². The van der Waals surface area contributed by atoms with Gasteiger partial charge in [0.25, 0.3) is 11.8 Å². The summed E-state index contributed by atoms with van der Waals surface area (Å²) in [4.78, 5) is 8.38. The first-order valence-electron chi connectivity index (χ1n) is 9.85. The number of pyridine rings is 1. The molecule has 0 spiro atoms. The molecule has 0 saturated carbocycles. The van der Waals surface area contributed by atoms with Crippen molar-refractivity contribution in [2.75, 3.05) is 0 Å². The quantitative estimate of drug-likeness (QED) is 0.363. The lowest BCUT2D eigenvalue weighted by atomic mass is 10.1. The number of nitrogens with zero attached hydrogens (tertiary/aromatic N) is 6. The van der Waals surface area contributed by atoms with Crippen LogP contribution in [0.1, 0.15) is 12.5 Å². The van der Waals surface area contributed by atoms with Crippen molar-refractivity contribution in [3.8, 4) is 39.9 Å². The van der Waals surface area contributed by atoms with Crippen molar-refractivity contribution in [3.05, 3.63) is 84.4 Å². The third-order valence-electron chi connectivity index (χ3n) is 4.98. The van der Waals surface area contributed by atoms with Gasteiger partial charge in [0.15, 0.2) is 5.69 Å². The zero-order valence-corrected chi connectivity index (χ0v) is 17.2. The molecular weight excluding hydrogens is 433 g/mol. The molecule has 0 saturated heterocycles. The first kappa shape index (κ1) is 20.6. The standard InChI is InChI=1S/C23H15F3N6O/c1-23(25,26)16-8-6-15(7-9-16)21-28-22(33-30-21)19-20(14-10-12-27-13-11-14)32(31-29-19)18-5-3-2-4-17(18)24/h2-13H,1H3. The van der Waals surface area contributed by atoms with Crippen LogP contribution in [-0.4, -0.2) is 30.1 Å². The second-order valence-electron chi connectivity index (χ2n) is 7.27. The summed E-state index contributed by atoms with van der Waals surface area (Å²) < 4.78 is 48.3. The van der Waals surface area contributed by atoms with Gasteiger partial charge in [0.05, 0.1) is 0 Å². The molecule has 0 unspecified atom stereocenters. The summed E-state index contributed by atoms with van der Waals surface area (Å²) in [7, 11) is 0. The lowest BCUT2D eigenvalue weighted by Gasteiger charge is -2.09. The van der Waals surface area contributed by atoms with Crippen molar-refractivity contribution in [1.29, 1.82) is 0 Å². The minimum atomic E-state index is -2.95. The molecule has 0 aliphatic heterocycles. The lowest BCUT2D eigenvalue weighted by Crippen LogP contribution is -2.06. The summed E-state index contributed by atoms with van der Waals surface area (Å²) in [5, 5.41) is 12.2. The summed E-state index contributed by atoms with van der Waals surface area (Å²) in [6, 6.07) is 15.2. The first-order chi connectivity index (χ1) is 15.9. The van der Waals surface area contributed by atoms with Crippen molar-refractivity contribution in [2.24, 2.45) is 0 Å². The molecule has 7 nitrogen and oxygen atoms in total. The van der Waals surface area contributed by atoms with Crippen LogP contribution in [0.25, 0.3) is 39.9 Å². The van der Waals surface area contributed by atoms with Crippen LogP contribution in [0.5, 0.6) is 0 Å². The van der Waals surface area contributed by atoms with E-state index in [-0.39, 0.29) is 28.7 Å². The molecule has 0 aliphatic carbocycles. The summed E-state index contributed by atoms with van der Waals surface area (Å²) in [5.41, 5.74) is 1.88. The van der Waals surface area contributed by atoms with Crippen LogP contribution in [-0.2, 0) is 5.92 Å². The normalized spacial score (nSPS) is 11.6. The Labute approximate surface area is 185 Å². The zero-order valence-electron chi connectivity index (χ0n) is 17.2. The van der Waals surface area contributed by atoms with E-state index in [4.69, 9.17) is 4.52 Å². The molecule has 2 aromatic carbocycles. The monoisotopic (exact) mass is 448 g/mol. The van der Waals surface area contributed by atoms with Gasteiger partial charge in [-0.2, -0.15) is 4.98 Å². The largest absolute Gasteiger partial charge is 0.332 e. The molecule has 0 radical (unpaired) electrons. The van der Waals surface area contributed by atoms with E-state index in [9.17, 15) is 13.2 Å². The highest BCUT2D eigenvalue weighted by Crippen LogP contribution is 2.33. The molecule has 0 atom stereocenters. The number of alkyl halides is 2. The molecular formula is C23H15F3N6O. The van der Waals surface area contributed by atoms with Crippen molar-refractivity contribution in [2.45, 2.75) is 12.8 Å². The Balaban J connectivity index is 1.60. The molecule has 5 rings (SSSR count). The minimum Gasteiger partial charge on any atom is -0.332 e. The number of rotatable bonds is 5. The van der Waals surface area contributed by atoms with Crippen LogP contribution >= 0.6 is 0 Å². The lowest BCUT2D eigenvalue weighted by molar-refractivity contribution is 0.0175. The minimum absolute atomic E-state index is 0.0456. The summed E-state index contributed by atoms with van der Waals surface area (Å²) in [5.74, 6) is -3.20. The van der Waals surface area contributed by atoms with E-state index < -0.39 is 11.7 Å². The third kappa shape index (κ3) is 3.86. The van der Waals surface area contributed by atoms with Gasteiger partial charge in [-0.1, -0.05) is 46.8 Å². The van der Waals surface area contributed by atoms with Gasteiger partial charge in [0.2, 0.25) is 5.82 Å². The molecule has 33 heavy (non-hydrogen) atoms.